The zero-order valence-electron chi connectivity index (χ0n) is 14.5. The van der Waals surface area contributed by atoms with Crippen LogP contribution in [0.1, 0.15) is 37.7 Å². The van der Waals surface area contributed by atoms with E-state index in [2.05, 4.69) is 36.0 Å². The van der Waals surface area contributed by atoms with Gasteiger partial charge in [-0.05, 0) is 24.0 Å². The van der Waals surface area contributed by atoms with Crippen LogP contribution in [0.15, 0.2) is 18.3 Å². The number of carboxylic acid groups (broad SMARTS) is 1. The highest BCUT2D eigenvalue weighted by Crippen LogP contribution is 2.51. The lowest BCUT2D eigenvalue weighted by molar-refractivity contribution is 0.0363. The number of carbonyl (C=O) groups is 2. The van der Waals surface area contributed by atoms with Gasteiger partial charge in [-0.25, -0.2) is 9.78 Å². The summed E-state index contributed by atoms with van der Waals surface area (Å²) in [5, 5.41) is 12.2. The van der Waals surface area contributed by atoms with Crippen LogP contribution < -0.4 is 10.2 Å². The monoisotopic (exact) mass is 332 g/mol. The molecule has 7 heteroatoms. The lowest BCUT2D eigenvalue weighted by atomic mass is 9.73. The number of aromatic nitrogens is 1. The Kier molecular flexibility index (Phi) is 3.69. The predicted octanol–water partition coefficient (Wildman–Crippen LogP) is 1.80. The maximum absolute atomic E-state index is 11.7. The average Bonchev–Trinajstić information content (AvgIpc) is 3.11. The van der Waals surface area contributed by atoms with E-state index in [9.17, 15) is 14.7 Å². The van der Waals surface area contributed by atoms with Crippen LogP contribution in [0.2, 0.25) is 0 Å². The zero-order chi connectivity index (χ0) is 17.7. The molecule has 2 amide bonds. The highest BCUT2D eigenvalue weighted by Gasteiger charge is 2.61. The standard InChI is InChI=1S/C17H24N4O3/c1-16(2,3)17-7-12(9-21(17)15(23)24)20(10-17)11-5-6-13(19-8-11)14(22)18-4/h5-6,8,12H,7,9-10H2,1-4H3,(H,18,22)(H,23,24)/t12-,17+/m0/s1. The number of fused-ring (bicyclic) bond motifs is 2. The van der Waals surface area contributed by atoms with E-state index < -0.39 is 11.6 Å². The van der Waals surface area contributed by atoms with Crippen molar-refractivity contribution >= 4 is 17.7 Å². The highest BCUT2D eigenvalue weighted by atomic mass is 16.4. The van der Waals surface area contributed by atoms with E-state index in [0.29, 0.717) is 18.8 Å². The molecule has 0 radical (unpaired) electrons. The maximum Gasteiger partial charge on any atom is 0.407 e. The second-order valence-electron chi connectivity index (χ2n) is 7.64. The minimum atomic E-state index is -0.847. The van der Waals surface area contributed by atoms with Gasteiger partial charge in [-0.2, -0.15) is 0 Å². The van der Waals surface area contributed by atoms with Crippen LogP contribution in [-0.2, 0) is 0 Å². The normalized spacial score (nSPS) is 25.9. The summed E-state index contributed by atoms with van der Waals surface area (Å²) in [5.74, 6) is -0.215. The molecular formula is C17H24N4O3. The Balaban J connectivity index is 1.89. The molecule has 2 N–H and O–H groups in total. The molecule has 130 valence electrons. The van der Waals surface area contributed by atoms with Gasteiger partial charge in [0, 0.05) is 26.2 Å². The Bertz CT molecular complexity index is 667. The van der Waals surface area contributed by atoms with E-state index in [4.69, 9.17) is 0 Å². The van der Waals surface area contributed by atoms with Crippen molar-refractivity contribution in [3.05, 3.63) is 24.0 Å². The third-order valence-electron chi connectivity index (χ3n) is 5.52. The Labute approximate surface area is 141 Å². The van der Waals surface area contributed by atoms with Crippen LogP contribution >= 0.6 is 0 Å². The molecule has 2 aliphatic heterocycles. The van der Waals surface area contributed by atoms with Gasteiger partial charge in [-0.1, -0.05) is 20.8 Å². The Morgan fingerprint density at radius 3 is 2.58 bits per heavy atom. The van der Waals surface area contributed by atoms with Gasteiger partial charge >= 0.3 is 6.09 Å². The summed E-state index contributed by atoms with van der Waals surface area (Å²) in [6.07, 6.45) is 1.67. The number of likely N-dealkylation sites (tertiary alicyclic amines) is 1. The molecule has 0 aliphatic carbocycles. The molecule has 2 bridgehead atoms. The smallest absolute Gasteiger partial charge is 0.407 e. The maximum atomic E-state index is 11.7. The number of hydrogen-bond acceptors (Lipinski definition) is 4. The Morgan fingerprint density at radius 2 is 2.08 bits per heavy atom. The van der Waals surface area contributed by atoms with Crippen molar-refractivity contribution < 1.29 is 14.7 Å². The molecule has 0 spiro atoms. The SMILES string of the molecule is CNC(=O)c1ccc(N2C[C@@]3(C(C)(C)C)C[C@H]2CN3C(=O)O)cn1. The molecule has 2 fully saturated rings. The van der Waals surface area contributed by atoms with E-state index in [1.165, 1.54) is 0 Å². The van der Waals surface area contributed by atoms with Crippen LogP contribution in [0.4, 0.5) is 10.5 Å². The van der Waals surface area contributed by atoms with E-state index in [-0.39, 0.29) is 17.4 Å². The van der Waals surface area contributed by atoms with Gasteiger partial charge < -0.3 is 15.3 Å². The van der Waals surface area contributed by atoms with Crippen molar-refractivity contribution in [1.82, 2.24) is 15.2 Å². The summed E-state index contributed by atoms with van der Waals surface area (Å²) in [6.45, 7) is 7.45. The number of hydrogen-bond donors (Lipinski definition) is 2. The van der Waals surface area contributed by atoms with Gasteiger partial charge in [0.25, 0.3) is 5.91 Å². The number of carbonyl (C=O) groups excluding carboxylic acids is 1. The molecule has 1 aromatic rings. The topological polar surface area (TPSA) is 85.8 Å². The summed E-state index contributed by atoms with van der Waals surface area (Å²) in [5.41, 5.74) is 0.750. The predicted molar refractivity (Wildman–Crippen MR) is 90.3 cm³/mol. The molecule has 3 rings (SSSR count). The molecule has 3 heterocycles. The van der Waals surface area contributed by atoms with Crippen molar-refractivity contribution in [3.8, 4) is 0 Å². The second kappa shape index (κ2) is 5.36. The van der Waals surface area contributed by atoms with E-state index in [1.54, 1.807) is 24.2 Å². The third kappa shape index (κ3) is 2.30. The van der Waals surface area contributed by atoms with Crippen LogP contribution in [0.3, 0.4) is 0 Å². The van der Waals surface area contributed by atoms with Gasteiger partial charge in [0.2, 0.25) is 0 Å². The highest BCUT2D eigenvalue weighted by molar-refractivity contribution is 5.92. The van der Waals surface area contributed by atoms with Crippen molar-refractivity contribution in [3.63, 3.8) is 0 Å². The van der Waals surface area contributed by atoms with Crippen molar-refractivity contribution in [2.75, 3.05) is 25.0 Å². The summed E-state index contributed by atoms with van der Waals surface area (Å²) in [6, 6.07) is 3.74. The molecule has 0 unspecified atom stereocenters. The summed E-state index contributed by atoms with van der Waals surface area (Å²) in [4.78, 5) is 31.4. The Morgan fingerprint density at radius 1 is 1.38 bits per heavy atom. The number of piperazine rings is 1. The molecule has 7 nitrogen and oxygen atoms in total. The minimum absolute atomic E-state index is 0.146. The first-order valence-electron chi connectivity index (χ1n) is 8.15. The molecule has 24 heavy (non-hydrogen) atoms. The summed E-state index contributed by atoms with van der Waals surface area (Å²) in [7, 11) is 1.57. The number of amides is 2. The average molecular weight is 332 g/mol. The van der Waals surface area contributed by atoms with Gasteiger partial charge in [-0.15, -0.1) is 0 Å². The molecule has 2 aliphatic rings. The van der Waals surface area contributed by atoms with Crippen molar-refractivity contribution in [2.45, 2.75) is 38.8 Å². The van der Waals surface area contributed by atoms with Gasteiger partial charge in [-0.3, -0.25) is 9.69 Å². The fraction of sp³-hybridized carbons (Fsp3) is 0.588. The quantitative estimate of drug-likeness (QED) is 0.862. The van der Waals surface area contributed by atoms with Crippen LogP contribution in [-0.4, -0.2) is 58.7 Å². The number of anilines is 1. The lowest BCUT2D eigenvalue weighted by Gasteiger charge is -2.48. The van der Waals surface area contributed by atoms with Gasteiger partial charge in [0.1, 0.15) is 5.69 Å². The second-order valence-corrected chi connectivity index (χ2v) is 7.64. The van der Waals surface area contributed by atoms with Crippen LogP contribution in [0, 0.1) is 5.41 Å². The number of nitrogens with one attached hydrogen (secondary N) is 1. The Hall–Kier alpha value is -2.31. The minimum Gasteiger partial charge on any atom is -0.465 e. The molecule has 2 saturated heterocycles. The van der Waals surface area contributed by atoms with Crippen LogP contribution in [0.5, 0.6) is 0 Å². The van der Waals surface area contributed by atoms with Crippen LogP contribution in [0.25, 0.3) is 0 Å². The number of pyridine rings is 1. The van der Waals surface area contributed by atoms with Crippen molar-refractivity contribution in [2.24, 2.45) is 5.41 Å². The summed E-state index contributed by atoms with van der Waals surface area (Å²) >= 11 is 0. The third-order valence-corrected chi connectivity index (χ3v) is 5.52. The fourth-order valence-corrected chi connectivity index (χ4v) is 4.05. The largest absolute Gasteiger partial charge is 0.465 e. The molecule has 1 aromatic heterocycles. The van der Waals surface area contributed by atoms with E-state index >= 15 is 0 Å². The number of rotatable bonds is 2. The summed E-state index contributed by atoms with van der Waals surface area (Å²) < 4.78 is 0. The first kappa shape index (κ1) is 16.5. The fourth-order valence-electron chi connectivity index (χ4n) is 4.05. The molecule has 2 atom stereocenters. The first-order valence-corrected chi connectivity index (χ1v) is 8.15. The van der Waals surface area contributed by atoms with E-state index in [0.717, 1.165) is 12.1 Å². The first-order chi connectivity index (χ1) is 11.2. The molecule has 0 aromatic carbocycles. The van der Waals surface area contributed by atoms with Gasteiger partial charge in [0.15, 0.2) is 0 Å². The zero-order valence-corrected chi connectivity index (χ0v) is 14.5. The van der Waals surface area contributed by atoms with Crippen molar-refractivity contribution in [1.29, 1.82) is 0 Å². The van der Waals surface area contributed by atoms with Gasteiger partial charge in [0.05, 0.1) is 17.4 Å². The number of nitrogens with zero attached hydrogens (tertiary/aromatic N) is 3. The molecular weight excluding hydrogens is 308 g/mol. The molecule has 0 saturated carbocycles. The lowest BCUT2D eigenvalue weighted by Crippen LogP contribution is -2.61. The van der Waals surface area contributed by atoms with E-state index in [1.807, 2.05) is 6.07 Å².